The molecule has 30 heavy (non-hydrogen) atoms. The zero-order valence-corrected chi connectivity index (χ0v) is 17.8. The number of carbonyl (C=O) groups excluding carboxylic acids is 2. The van der Waals surface area contributed by atoms with Crippen LogP contribution in [-0.4, -0.2) is 48.9 Å². The van der Waals surface area contributed by atoms with Crippen LogP contribution in [-0.2, 0) is 22.4 Å². The largest absolute Gasteiger partial charge is 0.312 e. The van der Waals surface area contributed by atoms with Crippen molar-refractivity contribution in [3.05, 3.63) is 58.6 Å². The first kappa shape index (κ1) is 19.6. The van der Waals surface area contributed by atoms with E-state index in [-0.39, 0.29) is 17.9 Å². The molecule has 0 aromatic heterocycles. The topological polar surface area (TPSA) is 43.9 Å². The predicted molar refractivity (Wildman–Crippen MR) is 119 cm³/mol. The van der Waals surface area contributed by atoms with E-state index in [0.717, 1.165) is 67.9 Å². The number of halogens is 1. The maximum absolute atomic E-state index is 12.6. The molecule has 3 heterocycles. The molecule has 2 aromatic carbocycles. The van der Waals surface area contributed by atoms with Crippen LogP contribution in [0.2, 0.25) is 5.02 Å². The van der Waals surface area contributed by atoms with Gasteiger partial charge in [-0.1, -0.05) is 29.8 Å². The Morgan fingerprint density at radius 2 is 1.63 bits per heavy atom. The summed E-state index contributed by atoms with van der Waals surface area (Å²) in [5.41, 5.74) is 4.30. The van der Waals surface area contributed by atoms with E-state index in [2.05, 4.69) is 4.90 Å². The molecule has 1 saturated heterocycles. The first-order valence-corrected chi connectivity index (χ1v) is 11.2. The van der Waals surface area contributed by atoms with Gasteiger partial charge in [0.25, 0.3) is 0 Å². The number of amides is 2. The molecule has 0 aliphatic carbocycles. The predicted octanol–water partition coefficient (Wildman–Crippen LogP) is 3.67. The van der Waals surface area contributed by atoms with Crippen LogP contribution in [0.25, 0.3) is 0 Å². The third-order valence-electron chi connectivity index (χ3n) is 6.61. The van der Waals surface area contributed by atoms with Crippen LogP contribution in [0, 0.1) is 0 Å². The van der Waals surface area contributed by atoms with Gasteiger partial charge < -0.3 is 14.7 Å². The lowest BCUT2D eigenvalue weighted by Crippen LogP contribution is -2.46. The SMILES string of the molecule is O=C1Cc2ccccc2N1CCCN1CCC(N2C(=O)Cc3cc(Cl)ccc32)CC1. The van der Waals surface area contributed by atoms with Crippen LogP contribution in [0.1, 0.15) is 30.4 Å². The molecule has 0 unspecified atom stereocenters. The van der Waals surface area contributed by atoms with Gasteiger partial charge in [0.1, 0.15) is 0 Å². The first-order valence-electron chi connectivity index (χ1n) is 10.8. The van der Waals surface area contributed by atoms with Crippen LogP contribution in [0.5, 0.6) is 0 Å². The fourth-order valence-corrected chi connectivity index (χ4v) is 5.32. The van der Waals surface area contributed by atoms with Gasteiger partial charge in [-0.2, -0.15) is 0 Å². The molecule has 3 aliphatic heterocycles. The summed E-state index contributed by atoms with van der Waals surface area (Å²) in [6.45, 7) is 3.73. The number of fused-ring (bicyclic) bond motifs is 2. The quantitative estimate of drug-likeness (QED) is 0.737. The Morgan fingerprint density at radius 1 is 0.867 bits per heavy atom. The Hall–Kier alpha value is -2.37. The summed E-state index contributed by atoms with van der Waals surface area (Å²) in [4.78, 5) is 31.3. The number of piperidine rings is 1. The van der Waals surface area contributed by atoms with Gasteiger partial charge >= 0.3 is 0 Å². The molecule has 0 spiro atoms. The highest BCUT2D eigenvalue weighted by molar-refractivity contribution is 6.30. The van der Waals surface area contributed by atoms with Crippen molar-refractivity contribution in [1.29, 1.82) is 0 Å². The number of hydrogen-bond donors (Lipinski definition) is 0. The van der Waals surface area contributed by atoms with Crippen molar-refractivity contribution in [2.75, 3.05) is 36.0 Å². The molecule has 0 atom stereocenters. The fourth-order valence-electron chi connectivity index (χ4n) is 5.13. The van der Waals surface area contributed by atoms with Crippen molar-refractivity contribution in [3.63, 3.8) is 0 Å². The second-order valence-electron chi connectivity index (χ2n) is 8.49. The number of benzene rings is 2. The van der Waals surface area contributed by atoms with E-state index < -0.39 is 0 Å². The highest BCUT2D eigenvalue weighted by atomic mass is 35.5. The zero-order chi connectivity index (χ0) is 20.7. The minimum atomic E-state index is 0.192. The minimum Gasteiger partial charge on any atom is -0.312 e. The molecule has 6 heteroatoms. The lowest BCUT2D eigenvalue weighted by Gasteiger charge is -2.37. The Bertz CT molecular complexity index is 984. The van der Waals surface area contributed by atoms with Crippen LogP contribution >= 0.6 is 11.6 Å². The lowest BCUT2D eigenvalue weighted by atomic mass is 10.0. The molecular formula is C24H26ClN3O2. The van der Waals surface area contributed by atoms with E-state index in [1.165, 1.54) is 0 Å². The lowest BCUT2D eigenvalue weighted by molar-refractivity contribution is -0.118. The number of nitrogens with zero attached hydrogens (tertiary/aromatic N) is 3. The van der Waals surface area contributed by atoms with Gasteiger partial charge in [0, 0.05) is 42.1 Å². The maximum Gasteiger partial charge on any atom is 0.231 e. The smallest absolute Gasteiger partial charge is 0.231 e. The number of carbonyl (C=O) groups is 2. The first-order chi connectivity index (χ1) is 14.6. The molecule has 156 valence electrons. The molecule has 5 nitrogen and oxygen atoms in total. The van der Waals surface area contributed by atoms with E-state index in [9.17, 15) is 9.59 Å². The van der Waals surface area contributed by atoms with Crippen molar-refractivity contribution in [1.82, 2.24) is 4.90 Å². The minimum absolute atomic E-state index is 0.192. The monoisotopic (exact) mass is 423 g/mol. The van der Waals surface area contributed by atoms with Gasteiger partial charge in [-0.3, -0.25) is 9.59 Å². The van der Waals surface area contributed by atoms with Gasteiger partial charge in [0.05, 0.1) is 12.8 Å². The van der Waals surface area contributed by atoms with Crippen LogP contribution in [0.4, 0.5) is 11.4 Å². The molecule has 0 radical (unpaired) electrons. The molecule has 3 aliphatic rings. The maximum atomic E-state index is 12.6. The van der Waals surface area contributed by atoms with Crippen LogP contribution in [0.15, 0.2) is 42.5 Å². The Morgan fingerprint density at radius 3 is 2.47 bits per heavy atom. The average molecular weight is 424 g/mol. The zero-order valence-electron chi connectivity index (χ0n) is 17.0. The summed E-state index contributed by atoms with van der Waals surface area (Å²) >= 11 is 6.10. The van der Waals surface area contributed by atoms with E-state index in [4.69, 9.17) is 11.6 Å². The fraction of sp³-hybridized carbons (Fsp3) is 0.417. The van der Waals surface area contributed by atoms with Gasteiger partial charge in [-0.15, -0.1) is 0 Å². The molecule has 2 aromatic rings. The van der Waals surface area contributed by atoms with Gasteiger partial charge in [-0.25, -0.2) is 0 Å². The normalized spacial score (nSPS) is 19.5. The Labute approximate surface area is 182 Å². The summed E-state index contributed by atoms with van der Waals surface area (Å²) < 4.78 is 0. The Balaban J connectivity index is 1.13. The van der Waals surface area contributed by atoms with Crippen LogP contribution in [0.3, 0.4) is 0 Å². The molecule has 2 amide bonds. The highest BCUT2D eigenvalue weighted by Crippen LogP contribution is 2.35. The number of para-hydroxylation sites is 1. The second-order valence-corrected chi connectivity index (χ2v) is 8.93. The van der Waals surface area contributed by atoms with Crippen molar-refractivity contribution in [2.45, 2.75) is 38.1 Å². The Kier molecular flexibility index (Phi) is 5.25. The molecule has 5 rings (SSSR count). The molecular weight excluding hydrogens is 398 g/mol. The van der Waals surface area contributed by atoms with Gasteiger partial charge in [-0.05, 0) is 61.2 Å². The number of rotatable bonds is 5. The third-order valence-corrected chi connectivity index (χ3v) is 6.85. The molecule has 1 fully saturated rings. The van der Waals surface area contributed by atoms with Crippen molar-refractivity contribution < 1.29 is 9.59 Å². The highest BCUT2D eigenvalue weighted by Gasteiger charge is 2.35. The summed E-state index contributed by atoms with van der Waals surface area (Å²) in [6.07, 6.45) is 3.92. The summed E-state index contributed by atoms with van der Waals surface area (Å²) in [5, 5.41) is 0.692. The molecule has 0 N–H and O–H groups in total. The van der Waals surface area contributed by atoms with Crippen LogP contribution < -0.4 is 9.80 Å². The number of likely N-dealkylation sites (tertiary alicyclic amines) is 1. The van der Waals surface area contributed by atoms with E-state index in [1.807, 2.05) is 52.3 Å². The number of anilines is 2. The van der Waals surface area contributed by atoms with Gasteiger partial charge in [0.15, 0.2) is 0 Å². The average Bonchev–Trinajstić information content (AvgIpc) is 3.23. The van der Waals surface area contributed by atoms with E-state index >= 15 is 0 Å². The second kappa shape index (κ2) is 8.05. The molecule has 0 saturated carbocycles. The summed E-state index contributed by atoms with van der Waals surface area (Å²) in [5.74, 6) is 0.401. The van der Waals surface area contributed by atoms with Crippen molar-refractivity contribution >= 4 is 34.8 Å². The van der Waals surface area contributed by atoms with Crippen molar-refractivity contribution in [3.8, 4) is 0 Å². The molecule has 0 bridgehead atoms. The summed E-state index contributed by atoms with van der Waals surface area (Å²) in [7, 11) is 0. The van der Waals surface area contributed by atoms with E-state index in [0.29, 0.717) is 17.9 Å². The third kappa shape index (κ3) is 3.61. The van der Waals surface area contributed by atoms with Gasteiger partial charge in [0.2, 0.25) is 11.8 Å². The van der Waals surface area contributed by atoms with Crippen molar-refractivity contribution in [2.24, 2.45) is 0 Å². The summed E-state index contributed by atoms with van der Waals surface area (Å²) in [6, 6.07) is 14.1. The number of hydrogen-bond acceptors (Lipinski definition) is 3. The van der Waals surface area contributed by atoms with E-state index in [1.54, 1.807) is 0 Å². The standard InChI is InChI=1S/C24H26ClN3O2/c25-19-6-7-22-18(14-19)16-24(30)28(22)20-8-12-26(13-9-20)10-3-11-27-21-5-2-1-4-17(21)15-23(27)29/h1-2,4-7,14,20H,3,8-13,15-16H2.